The molecule has 0 aromatic heterocycles. The van der Waals surface area contributed by atoms with Crippen LogP contribution in [-0.4, -0.2) is 49.4 Å². The van der Waals surface area contributed by atoms with Crippen molar-refractivity contribution in [3.63, 3.8) is 0 Å². The van der Waals surface area contributed by atoms with E-state index in [1.165, 1.54) is 0 Å². The highest BCUT2D eigenvalue weighted by Gasteiger charge is 2.23. The number of nitrogens with zero attached hydrogens (tertiary/aromatic N) is 3. The van der Waals surface area contributed by atoms with Crippen LogP contribution >= 0.6 is 0 Å². The van der Waals surface area contributed by atoms with E-state index < -0.39 is 0 Å². The number of hydrogen-bond donors (Lipinski definition) is 2. The minimum absolute atomic E-state index is 0.0378. The number of amides is 2. The number of carbonyl (C=O) groups is 2. The summed E-state index contributed by atoms with van der Waals surface area (Å²) in [5, 5.41) is 2.90. The summed E-state index contributed by atoms with van der Waals surface area (Å²) < 4.78 is 6.00. The van der Waals surface area contributed by atoms with E-state index in [9.17, 15) is 9.59 Å². The Morgan fingerprint density at radius 1 is 1.18 bits per heavy atom. The fraction of sp³-hybridized carbons (Fsp3) is 0.400. The first kappa shape index (κ1) is 24.1. The molecule has 0 atom stereocenters. The van der Waals surface area contributed by atoms with Crippen LogP contribution < -0.4 is 20.7 Å². The molecule has 0 saturated carbocycles. The van der Waals surface area contributed by atoms with Gasteiger partial charge in [-0.15, -0.1) is 0 Å². The molecule has 2 amide bonds. The van der Waals surface area contributed by atoms with E-state index in [-0.39, 0.29) is 18.4 Å². The van der Waals surface area contributed by atoms with Crippen molar-refractivity contribution < 1.29 is 14.3 Å². The molecule has 0 radical (unpaired) electrons. The maximum absolute atomic E-state index is 12.5. The minimum atomic E-state index is -0.0928. The van der Waals surface area contributed by atoms with Crippen LogP contribution in [0.2, 0.25) is 0 Å². The van der Waals surface area contributed by atoms with Gasteiger partial charge in [0, 0.05) is 31.3 Å². The fourth-order valence-electron chi connectivity index (χ4n) is 3.47. The molecule has 2 aromatic rings. The van der Waals surface area contributed by atoms with Gasteiger partial charge in [0.05, 0.1) is 25.4 Å². The molecule has 2 aromatic carbocycles. The summed E-state index contributed by atoms with van der Waals surface area (Å²) in [6, 6.07) is 15.2. The van der Waals surface area contributed by atoms with Gasteiger partial charge in [-0.05, 0) is 36.6 Å². The number of para-hydroxylation sites is 1. The van der Waals surface area contributed by atoms with E-state index >= 15 is 0 Å². The molecule has 3 N–H and O–H groups in total. The molecule has 8 nitrogen and oxygen atoms in total. The van der Waals surface area contributed by atoms with Gasteiger partial charge >= 0.3 is 0 Å². The van der Waals surface area contributed by atoms with Crippen LogP contribution in [-0.2, 0) is 16.1 Å². The van der Waals surface area contributed by atoms with Crippen molar-refractivity contribution in [1.82, 2.24) is 10.2 Å². The van der Waals surface area contributed by atoms with Crippen molar-refractivity contribution in [1.29, 1.82) is 0 Å². The maximum atomic E-state index is 12.5. The lowest BCUT2D eigenvalue weighted by molar-refractivity contribution is -0.121. The Morgan fingerprint density at radius 2 is 1.94 bits per heavy atom. The van der Waals surface area contributed by atoms with Crippen molar-refractivity contribution in [3.05, 3.63) is 54.1 Å². The fourth-order valence-corrected chi connectivity index (χ4v) is 3.47. The van der Waals surface area contributed by atoms with E-state index in [0.717, 1.165) is 16.9 Å². The molecule has 0 unspecified atom stereocenters. The SMILES string of the molecule is CC(C)CNC(=O)CN1Cc2c(cccc2OCCCC(=O)N(C)c2ccccc2)N=C1N. The first-order chi connectivity index (χ1) is 15.8. The van der Waals surface area contributed by atoms with Gasteiger partial charge in [0.15, 0.2) is 5.96 Å². The van der Waals surface area contributed by atoms with Gasteiger partial charge in [-0.25, -0.2) is 4.99 Å². The molecule has 3 rings (SSSR count). The number of hydrogen-bond acceptors (Lipinski definition) is 6. The molecule has 33 heavy (non-hydrogen) atoms. The Labute approximate surface area is 195 Å². The topological polar surface area (TPSA) is 100 Å². The highest BCUT2D eigenvalue weighted by molar-refractivity contribution is 5.92. The van der Waals surface area contributed by atoms with Crippen LogP contribution in [0.25, 0.3) is 0 Å². The Bertz CT molecular complexity index is 991. The highest BCUT2D eigenvalue weighted by atomic mass is 16.5. The molecule has 1 aliphatic rings. The monoisotopic (exact) mass is 451 g/mol. The van der Waals surface area contributed by atoms with Gasteiger partial charge in [0.1, 0.15) is 5.75 Å². The van der Waals surface area contributed by atoms with Crippen LogP contribution in [0, 0.1) is 5.92 Å². The third-order valence-electron chi connectivity index (χ3n) is 5.37. The first-order valence-electron chi connectivity index (χ1n) is 11.3. The number of ether oxygens (including phenoxy) is 1. The zero-order chi connectivity index (χ0) is 23.8. The number of benzene rings is 2. The van der Waals surface area contributed by atoms with E-state index in [2.05, 4.69) is 10.3 Å². The summed E-state index contributed by atoms with van der Waals surface area (Å²) in [5.74, 6) is 1.33. The number of rotatable bonds is 10. The summed E-state index contributed by atoms with van der Waals surface area (Å²) in [4.78, 5) is 32.6. The second-order valence-corrected chi connectivity index (χ2v) is 8.52. The predicted molar refractivity (Wildman–Crippen MR) is 131 cm³/mol. The van der Waals surface area contributed by atoms with E-state index in [1.807, 2.05) is 62.4 Å². The molecule has 0 fully saturated rings. The van der Waals surface area contributed by atoms with Gasteiger partial charge < -0.3 is 25.6 Å². The van der Waals surface area contributed by atoms with Crippen molar-refractivity contribution in [2.75, 3.05) is 31.6 Å². The summed E-state index contributed by atoms with van der Waals surface area (Å²) >= 11 is 0. The summed E-state index contributed by atoms with van der Waals surface area (Å²) in [6.45, 7) is 5.68. The van der Waals surface area contributed by atoms with Gasteiger partial charge in [0.2, 0.25) is 11.8 Å². The Hall–Kier alpha value is -3.55. The van der Waals surface area contributed by atoms with Gasteiger partial charge in [-0.2, -0.15) is 0 Å². The number of aliphatic imine (C=N–C) groups is 1. The van der Waals surface area contributed by atoms with E-state index in [1.54, 1.807) is 16.8 Å². The predicted octanol–water partition coefficient (Wildman–Crippen LogP) is 3.04. The smallest absolute Gasteiger partial charge is 0.239 e. The summed E-state index contributed by atoms with van der Waals surface area (Å²) in [6.07, 6.45) is 0.972. The van der Waals surface area contributed by atoms with Gasteiger partial charge in [-0.3, -0.25) is 9.59 Å². The second kappa shape index (κ2) is 11.4. The van der Waals surface area contributed by atoms with Crippen molar-refractivity contribution in [2.45, 2.75) is 33.2 Å². The zero-order valence-corrected chi connectivity index (χ0v) is 19.6. The molecule has 0 bridgehead atoms. The number of guanidine groups is 1. The molecular weight excluding hydrogens is 418 g/mol. The Kier molecular flexibility index (Phi) is 8.29. The number of carbonyl (C=O) groups excluding carboxylic acids is 2. The standard InChI is InChI=1S/C25H33N5O3/c1-18(2)15-27-23(31)17-30-16-20-21(28-25(30)26)11-7-12-22(20)33-14-8-13-24(32)29(3)19-9-5-4-6-10-19/h4-7,9-12,18H,8,13-17H2,1-3H3,(H2,26,28)(H,27,31). The van der Waals surface area contributed by atoms with Crippen molar-refractivity contribution in [2.24, 2.45) is 16.6 Å². The molecular formula is C25H33N5O3. The largest absolute Gasteiger partial charge is 0.493 e. The van der Waals surface area contributed by atoms with Crippen LogP contribution in [0.1, 0.15) is 32.3 Å². The molecule has 0 saturated heterocycles. The zero-order valence-electron chi connectivity index (χ0n) is 19.6. The molecule has 1 aliphatic heterocycles. The van der Waals surface area contributed by atoms with E-state index in [4.69, 9.17) is 10.5 Å². The first-order valence-corrected chi connectivity index (χ1v) is 11.3. The number of nitrogens with two attached hydrogens (primary N) is 1. The number of anilines is 1. The third kappa shape index (κ3) is 6.71. The molecule has 176 valence electrons. The molecule has 0 spiro atoms. The Morgan fingerprint density at radius 3 is 2.67 bits per heavy atom. The molecule has 8 heteroatoms. The van der Waals surface area contributed by atoms with Crippen LogP contribution in [0.3, 0.4) is 0 Å². The van der Waals surface area contributed by atoms with Gasteiger partial charge in [-0.1, -0.05) is 38.1 Å². The van der Waals surface area contributed by atoms with E-state index in [0.29, 0.717) is 50.2 Å². The quantitative estimate of drug-likeness (QED) is 0.541. The van der Waals surface area contributed by atoms with Crippen molar-refractivity contribution in [3.8, 4) is 5.75 Å². The lowest BCUT2D eigenvalue weighted by Crippen LogP contribution is -2.45. The molecule has 1 heterocycles. The lowest BCUT2D eigenvalue weighted by atomic mass is 10.1. The van der Waals surface area contributed by atoms with Crippen LogP contribution in [0.15, 0.2) is 53.5 Å². The second-order valence-electron chi connectivity index (χ2n) is 8.52. The summed E-state index contributed by atoms with van der Waals surface area (Å²) in [7, 11) is 1.78. The summed E-state index contributed by atoms with van der Waals surface area (Å²) in [5.41, 5.74) is 8.59. The lowest BCUT2D eigenvalue weighted by Gasteiger charge is -2.29. The van der Waals surface area contributed by atoms with Crippen LogP contribution in [0.4, 0.5) is 11.4 Å². The average Bonchev–Trinajstić information content (AvgIpc) is 2.81. The molecule has 0 aliphatic carbocycles. The minimum Gasteiger partial charge on any atom is -0.493 e. The van der Waals surface area contributed by atoms with Crippen LogP contribution in [0.5, 0.6) is 5.75 Å². The maximum Gasteiger partial charge on any atom is 0.239 e. The highest BCUT2D eigenvalue weighted by Crippen LogP contribution is 2.33. The number of nitrogens with one attached hydrogen (secondary N) is 1. The Balaban J connectivity index is 1.54. The van der Waals surface area contributed by atoms with Crippen molar-refractivity contribution >= 4 is 29.1 Å². The average molecular weight is 452 g/mol. The third-order valence-corrected chi connectivity index (χ3v) is 5.37. The normalized spacial score (nSPS) is 12.7. The number of fused-ring (bicyclic) bond motifs is 1. The van der Waals surface area contributed by atoms with Gasteiger partial charge in [0.25, 0.3) is 0 Å².